The van der Waals surface area contributed by atoms with Crippen LogP contribution in [0.1, 0.15) is 88.4 Å². The standard InChI is InChI=1S/C44H32N2.C28H22O2.C13H12NO.BrH/c1-3-14-31(15-4-1)41-27-39(37-24-22-29-12-7-9-20-35(29)43(37)45-41)33-18-11-19-34(26-33)40-28-42(32-16-5-2-6-17-32)46-44-36-21-10-8-13-30(36)23-25-38(40)44;29-27-23(14-12-21-8-1-3-10-25(21)27)17-19-6-5-7-20(16-19)18-24-15-13-22-9-2-4-11-26(22)28(24)30;15-13(12-7-3-1-4-8-12)11-14-9-5-2-6-10-14;/h1-21,26-28H,22-25H2;1-11,16-18H,12-15H2;1-10H,11H2;1H/q;;+1;/p-1/b;23-17+,24-18+;;. The van der Waals surface area contributed by atoms with Crippen LogP contribution in [-0.4, -0.2) is 27.3 Å². The number of benzene rings is 9. The highest BCUT2D eigenvalue weighted by Gasteiger charge is 2.27. The maximum absolute atomic E-state index is 12.9. The molecule has 0 bridgehead atoms. The molecule has 3 aromatic heterocycles. The molecule has 3 heterocycles. The van der Waals surface area contributed by atoms with E-state index in [9.17, 15) is 14.4 Å². The zero-order chi connectivity index (χ0) is 61.5. The van der Waals surface area contributed by atoms with Crippen LogP contribution in [-0.2, 0) is 45.1 Å². The summed E-state index contributed by atoms with van der Waals surface area (Å²) in [6, 6.07) is 91.4. The number of rotatable bonds is 9. The largest absolute Gasteiger partial charge is 1.00 e. The number of hydrogen-bond acceptors (Lipinski definition) is 5. The van der Waals surface area contributed by atoms with Crippen molar-refractivity contribution >= 4 is 29.5 Å². The second-order valence-corrected chi connectivity index (χ2v) is 23.7. The van der Waals surface area contributed by atoms with E-state index < -0.39 is 0 Å². The van der Waals surface area contributed by atoms with Crippen molar-refractivity contribution < 1.29 is 35.9 Å². The average Bonchev–Trinajstić information content (AvgIpc) is 0.782. The predicted molar refractivity (Wildman–Crippen MR) is 367 cm³/mol. The smallest absolute Gasteiger partial charge is 0.227 e. The molecule has 4 aliphatic carbocycles. The maximum atomic E-state index is 12.9. The van der Waals surface area contributed by atoms with Gasteiger partial charge < -0.3 is 17.0 Å². The lowest BCUT2D eigenvalue weighted by atomic mass is 9.82. The Hall–Kier alpha value is -10.6. The second-order valence-electron chi connectivity index (χ2n) is 23.7. The van der Waals surface area contributed by atoms with E-state index in [1.54, 1.807) is 0 Å². The van der Waals surface area contributed by atoms with Crippen LogP contribution in [0.5, 0.6) is 0 Å². The highest BCUT2D eigenvalue weighted by atomic mass is 79.9. The number of Topliss-reactive ketones (excluding diaryl/α,β-unsaturated/α-hetero) is 3. The fourth-order valence-corrected chi connectivity index (χ4v) is 13.3. The van der Waals surface area contributed by atoms with E-state index in [4.69, 9.17) is 9.97 Å². The number of aromatic nitrogens is 3. The number of hydrogen-bond donors (Lipinski definition) is 0. The number of pyridine rings is 3. The fraction of sp³-hybridized carbons (Fsp3) is 0.106. The fourth-order valence-electron chi connectivity index (χ4n) is 13.3. The van der Waals surface area contributed by atoms with Crippen molar-refractivity contribution in [3.8, 4) is 67.3 Å². The summed E-state index contributed by atoms with van der Waals surface area (Å²) in [5, 5.41) is 0. The van der Waals surface area contributed by atoms with Crippen LogP contribution < -0.4 is 21.5 Å². The van der Waals surface area contributed by atoms with Crippen molar-refractivity contribution in [2.75, 3.05) is 0 Å². The van der Waals surface area contributed by atoms with Gasteiger partial charge in [-0.25, -0.2) is 9.97 Å². The van der Waals surface area contributed by atoms with E-state index in [1.165, 1.54) is 55.6 Å². The van der Waals surface area contributed by atoms with Gasteiger partial charge >= 0.3 is 0 Å². The van der Waals surface area contributed by atoms with Crippen LogP contribution in [0, 0.1) is 0 Å². The van der Waals surface area contributed by atoms with Crippen LogP contribution in [0.15, 0.2) is 290 Å². The van der Waals surface area contributed by atoms with Crippen molar-refractivity contribution in [3.05, 3.63) is 352 Å². The normalized spacial score (nSPS) is 14.0. The predicted octanol–water partition coefficient (Wildman–Crippen LogP) is 15.6. The molecule has 12 aromatic rings. The minimum atomic E-state index is 0. The van der Waals surface area contributed by atoms with Gasteiger partial charge in [-0.1, -0.05) is 231 Å². The Labute approximate surface area is 548 Å². The molecule has 92 heavy (non-hydrogen) atoms. The molecule has 446 valence electrons. The van der Waals surface area contributed by atoms with Crippen molar-refractivity contribution in [3.63, 3.8) is 0 Å². The first kappa shape index (κ1) is 60.3. The molecule has 0 atom stereocenters. The molecule has 0 radical (unpaired) electrons. The van der Waals surface area contributed by atoms with E-state index in [0.29, 0.717) is 6.54 Å². The molecule has 0 aliphatic heterocycles. The number of carbonyl (C=O) groups is 3. The molecular formula is C85H66BrN3O3. The summed E-state index contributed by atoms with van der Waals surface area (Å²) in [5.74, 6) is 0.381. The van der Waals surface area contributed by atoms with Crippen LogP contribution >= 0.6 is 0 Å². The van der Waals surface area contributed by atoms with Gasteiger partial charge in [-0.05, 0) is 155 Å². The maximum Gasteiger partial charge on any atom is 0.227 e. The van der Waals surface area contributed by atoms with E-state index >= 15 is 0 Å². The number of fused-ring (bicyclic) bond motifs is 8. The van der Waals surface area contributed by atoms with Crippen LogP contribution in [0.4, 0.5) is 0 Å². The molecule has 9 aromatic carbocycles. The summed E-state index contributed by atoms with van der Waals surface area (Å²) in [7, 11) is 0. The van der Waals surface area contributed by atoms with Gasteiger partial charge in [-0.2, -0.15) is 4.57 Å². The van der Waals surface area contributed by atoms with Gasteiger partial charge in [-0.3, -0.25) is 14.4 Å². The zero-order valence-electron chi connectivity index (χ0n) is 51.0. The molecule has 0 saturated carbocycles. The van der Waals surface area contributed by atoms with Crippen LogP contribution in [0.25, 0.3) is 79.4 Å². The molecular weight excluding hydrogens is 1190 g/mol. The molecule has 4 aliphatic rings. The molecule has 0 amide bonds. The lowest BCUT2D eigenvalue weighted by Crippen LogP contribution is -3.00. The van der Waals surface area contributed by atoms with Gasteiger partial charge in [0.2, 0.25) is 12.3 Å². The van der Waals surface area contributed by atoms with Gasteiger partial charge in [-0.15, -0.1) is 0 Å². The second kappa shape index (κ2) is 27.6. The first-order valence-corrected chi connectivity index (χ1v) is 31.6. The monoisotopic (exact) mass is 1260 g/mol. The van der Waals surface area contributed by atoms with Crippen LogP contribution in [0.3, 0.4) is 0 Å². The number of halogens is 1. The third kappa shape index (κ3) is 13.0. The molecule has 0 saturated heterocycles. The summed E-state index contributed by atoms with van der Waals surface area (Å²) >= 11 is 0. The Kier molecular flexibility index (Phi) is 18.1. The SMILES string of the molecule is O=C(C[n+]1ccccc1)c1ccccc1.O=C1/C(=C/c2cccc(/C=C3\CCc4ccccc4C3=O)c2)CCc2ccccc21.[Br-].c1ccc(-c2cc(-c3cccc(-c4cc(-c5ccccc5)nc5c4CCc4ccccc4-5)c3)c3c(n2)-c2ccccc2CC3)cc1. The van der Waals surface area contributed by atoms with Gasteiger partial charge in [0.1, 0.15) is 0 Å². The quantitative estimate of drug-likeness (QED) is 0.0817. The summed E-state index contributed by atoms with van der Waals surface area (Å²) < 4.78 is 1.87. The number of aryl methyl sites for hydroxylation is 4. The summed E-state index contributed by atoms with van der Waals surface area (Å²) in [6.45, 7) is 0.394. The first-order chi connectivity index (χ1) is 44.8. The van der Waals surface area contributed by atoms with E-state index in [1.807, 2.05) is 144 Å². The van der Waals surface area contributed by atoms with Gasteiger partial charge in [0, 0.05) is 62.2 Å². The molecule has 7 heteroatoms. The third-order valence-corrected chi connectivity index (χ3v) is 17.9. The Balaban J connectivity index is 0.000000143. The Morgan fingerprint density at radius 2 is 0.717 bits per heavy atom. The highest BCUT2D eigenvalue weighted by molar-refractivity contribution is 6.14. The molecule has 0 unspecified atom stereocenters. The zero-order valence-corrected chi connectivity index (χ0v) is 52.6. The molecule has 16 rings (SSSR count). The van der Waals surface area contributed by atoms with Crippen molar-refractivity contribution in [1.29, 1.82) is 0 Å². The molecule has 0 N–H and O–H groups in total. The van der Waals surface area contributed by atoms with E-state index in [-0.39, 0.29) is 34.3 Å². The van der Waals surface area contributed by atoms with Crippen LogP contribution in [0.2, 0.25) is 0 Å². The Morgan fingerprint density at radius 3 is 1.18 bits per heavy atom. The van der Waals surface area contributed by atoms with Gasteiger partial charge in [0.25, 0.3) is 0 Å². The summed E-state index contributed by atoms with van der Waals surface area (Å²) in [4.78, 5) is 48.1. The minimum absolute atomic E-state index is 0. The highest BCUT2D eigenvalue weighted by Crippen LogP contribution is 2.44. The van der Waals surface area contributed by atoms with Crippen molar-refractivity contribution in [1.82, 2.24) is 9.97 Å². The van der Waals surface area contributed by atoms with E-state index in [2.05, 4.69) is 152 Å². The topological polar surface area (TPSA) is 80.9 Å². The Morgan fingerprint density at radius 1 is 0.348 bits per heavy atom. The third-order valence-electron chi connectivity index (χ3n) is 17.9. The van der Waals surface area contributed by atoms with Crippen molar-refractivity contribution in [2.45, 2.75) is 57.9 Å². The molecule has 0 fully saturated rings. The number of carbonyl (C=O) groups excluding carboxylic acids is 3. The molecule has 6 nitrogen and oxygen atoms in total. The summed E-state index contributed by atoms with van der Waals surface area (Å²) in [6.07, 6.45) is 15.1. The average molecular weight is 1260 g/mol. The minimum Gasteiger partial charge on any atom is -1.00 e. The van der Waals surface area contributed by atoms with Gasteiger partial charge in [0.05, 0.1) is 22.8 Å². The van der Waals surface area contributed by atoms with Gasteiger partial charge in [0.15, 0.2) is 24.0 Å². The number of allylic oxidation sites excluding steroid dienone is 2. The first-order valence-electron chi connectivity index (χ1n) is 31.6. The lowest BCUT2D eigenvalue weighted by molar-refractivity contribution is -0.683. The van der Waals surface area contributed by atoms with Crippen molar-refractivity contribution in [2.24, 2.45) is 0 Å². The Bertz CT molecular complexity index is 4540. The number of ketones is 3. The summed E-state index contributed by atoms with van der Waals surface area (Å²) in [5.41, 5.74) is 27.9. The van der Waals surface area contributed by atoms with E-state index in [0.717, 1.165) is 135 Å². The molecule has 0 spiro atoms. The number of nitrogens with zero attached hydrogens (tertiary/aromatic N) is 3. The lowest BCUT2D eigenvalue weighted by Gasteiger charge is -2.24.